The summed E-state index contributed by atoms with van der Waals surface area (Å²) in [7, 11) is 2.14. The highest BCUT2D eigenvalue weighted by Crippen LogP contribution is 2.31. The van der Waals surface area contributed by atoms with Crippen molar-refractivity contribution < 1.29 is 19.1 Å². The van der Waals surface area contributed by atoms with Crippen LogP contribution in [-0.2, 0) is 14.3 Å². The SMILES string of the molecule is CC(=O)OC1NC(=O)C1N/C=C/C1(NC(=O)c2ccc(-c3csc(N4CCN(C)CC4)n3)cc2)CCCCC1. The number of piperazine rings is 1. The molecule has 3 fully saturated rings. The Morgan fingerprint density at radius 3 is 2.51 bits per heavy atom. The molecule has 3 heterocycles. The molecule has 3 aliphatic rings. The Hall–Kier alpha value is -3.44. The zero-order valence-electron chi connectivity index (χ0n) is 22.4. The summed E-state index contributed by atoms with van der Waals surface area (Å²) in [4.78, 5) is 45.9. The number of carbonyl (C=O) groups is 3. The van der Waals surface area contributed by atoms with E-state index in [2.05, 4.69) is 38.2 Å². The number of thiazole rings is 1. The fraction of sp³-hybridized carbons (Fsp3) is 0.500. The van der Waals surface area contributed by atoms with Gasteiger partial charge in [0.15, 0.2) is 11.2 Å². The third kappa shape index (κ3) is 6.42. The Balaban J connectivity index is 1.22. The van der Waals surface area contributed by atoms with E-state index < -0.39 is 23.8 Å². The first kappa shape index (κ1) is 27.1. The van der Waals surface area contributed by atoms with E-state index in [1.807, 2.05) is 30.3 Å². The molecule has 5 rings (SSSR count). The summed E-state index contributed by atoms with van der Waals surface area (Å²) < 4.78 is 5.09. The summed E-state index contributed by atoms with van der Waals surface area (Å²) in [6.07, 6.45) is 7.70. The molecule has 39 heavy (non-hydrogen) atoms. The van der Waals surface area contributed by atoms with Crippen molar-refractivity contribution in [2.75, 3.05) is 38.1 Å². The molecule has 3 N–H and O–H groups in total. The summed E-state index contributed by atoms with van der Waals surface area (Å²) in [5, 5.41) is 11.9. The van der Waals surface area contributed by atoms with Crippen molar-refractivity contribution in [2.45, 2.75) is 56.8 Å². The molecule has 0 radical (unpaired) electrons. The number of likely N-dealkylation sites (N-methyl/N-ethyl adjacent to an activating group) is 1. The number of ether oxygens (including phenoxy) is 1. The lowest BCUT2D eigenvalue weighted by Gasteiger charge is -2.37. The molecular formula is C28H36N6O4S. The fourth-order valence-electron chi connectivity index (χ4n) is 5.25. The minimum atomic E-state index is -0.689. The Morgan fingerprint density at radius 2 is 1.85 bits per heavy atom. The molecule has 11 heteroatoms. The molecule has 1 aromatic heterocycles. The van der Waals surface area contributed by atoms with Gasteiger partial charge in [-0.2, -0.15) is 0 Å². The Bertz CT molecular complexity index is 1210. The van der Waals surface area contributed by atoms with Gasteiger partial charge in [0.25, 0.3) is 11.8 Å². The Morgan fingerprint density at radius 1 is 1.13 bits per heavy atom. The van der Waals surface area contributed by atoms with Crippen LogP contribution in [0.1, 0.15) is 49.4 Å². The second-order valence-corrected chi connectivity index (χ2v) is 11.4. The summed E-state index contributed by atoms with van der Waals surface area (Å²) in [6, 6.07) is 6.96. The van der Waals surface area contributed by atoms with E-state index in [-0.39, 0.29) is 11.8 Å². The molecule has 208 valence electrons. The Kier molecular flexibility index (Phi) is 8.18. The molecule has 10 nitrogen and oxygen atoms in total. The zero-order valence-corrected chi connectivity index (χ0v) is 23.3. The largest absolute Gasteiger partial charge is 0.439 e. The van der Waals surface area contributed by atoms with Gasteiger partial charge in [-0.15, -0.1) is 11.3 Å². The van der Waals surface area contributed by atoms with E-state index in [9.17, 15) is 14.4 Å². The number of anilines is 1. The molecule has 0 bridgehead atoms. The predicted octanol–water partition coefficient (Wildman–Crippen LogP) is 2.49. The number of nitrogens with one attached hydrogen (secondary N) is 3. The second-order valence-electron chi connectivity index (χ2n) is 10.6. The third-order valence-corrected chi connectivity index (χ3v) is 8.56. The number of hydrogen-bond donors (Lipinski definition) is 3. The van der Waals surface area contributed by atoms with Crippen LogP contribution in [0.5, 0.6) is 0 Å². The highest BCUT2D eigenvalue weighted by atomic mass is 32.1. The lowest BCUT2D eigenvalue weighted by molar-refractivity contribution is -0.162. The van der Waals surface area contributed by atoms with Crippen LogP contribution in [0.15, 0.2) is 41.9 Å². The molecule has 2 saturated heterocycles. The monoisotopic (exact) mass is 552 g/mol. The molecule has 1 aromatic carbocycles. The van der Waals surface area contributed by atoms with Crippen molar-refractivity contribution in [2.24, 2.45) is 0 Å². The van der Waals surface area contributed by atoms with Crippen LogP contribution in [0.4, 0.5) is 5.13 Å². The first-order valence-electron chi connectivity index (χ1n) is 13.6. The molecule has 2 amide bonds. The number of esters is 1. The fourth-order valence-corrected chi connectivity index (χ4v) is 6.14. The van der Waals surface area contributed by atoms with Gasteiger partial charge in [-0.05, 0) is 44.3 Å². The molecular weight excluding hydrogens is 516 g/mol. The highest BCUT2D eigenvalue weighted by Gasteiger charge is 2.41. The molecule has 2 aromatic rings. The third-order valence-electron chi connectivity index (χ3n) is 7.66. The summed E-state index contributed by atoms with van der Waals surface area (Å²) in [6.45, 7) is 5.34. The van der Waals surface area contributed by atoms with Gasteiger partial charge in [0, 0.05) is 49.6 Å². The number of amides is 2. The van der Waals surface area contributed by atoms with Gasteiger partial charge >= 0.3 is 5.97 Å². The van der Waals surface area contributed by atoms with Crippen LogP contribution in [0, 0.1) is 0 Å². The van der Waals surface area contributed by atoms with E-state index in [1.54, 1.807) is 17.5 Å². The molecule has 1 aliphatic carbocycles. The number of benzene rings is 1. The van der Waals surface area contributed by atoms with Crippen LogP contribution in [-0.4, -0.2) is 78.7 Å². The van der Waals surface area contributed by atoms with E-state index >= 15 is 0 Å². The topological polar surface area (TPSA) is 116 Å². The zero-order chi connectivity index (χ0) is 27.4. The average Bonchev–Trinajstić information content (AvgIpc) is 3.42. The summed E-state index contributed by atoms with van der Waals surface area (Å²) in [5.74, 6) is -0.824. The van der Waals surface area contributed by atoms with Crippen molar-refractivity contribution in [3.8, 4) is 11.3 Å². The van der Waals surface area contributed by atoms with Crippen molar-refractivity contribution in [1.82, 2.24) is 25.8 Å². The molecule has 2 atom stereocenters. The van der Waals surface area contributed by atoms with E-state index in [4.69, 9.17) is 9.72 Å². The van der Waals surface area contributed by atoms with Crippen molar-refractivity contribution >= 4 is 34.3 Å². The van der Waals surface area contributed by atoms with Crippen molar-refractivity contribution in [3.63, 3.8) is 0 Å². The number of β-lactam (4-membered cyclic amide) rings is 1. The summed E-state index contributed by atoms with van der Waals surface area (Å²) in [5.41, 5.74) is 1.99. The second kappa shape index (κ2) is 11.7. The highest BCUT2D eigenvalue weighted by molar-refractivity contribution is 7.14. The molecule has 2 aliphatic heterocycles. The Labute approximate surface area is 232 Å². The molecule has 0 spiro atoms. The quantitative estimate of drug-likeness (QED) is 0.338. The first-order valence-corrected chi connectivity index (χ1v) is 14.4. The van der Waals surface area contributed by atoms with Gasteiger partial charge in [-0.25, -0.2) is 4.98 Å². The molecule has 1 saturated carbocycles. The standard InChI is InChI=1S/C28H36N6O4S/c1-19(35)38-26-23(25(37)31-26)29-13-12-28(10-4-3-5-11-28)32-24(36)21-8-6-20(7-9-21)22-18-39-27(30-22)34-16-14-33(2)15-17-34/h6-9,12-13,18,23,26,29H,3-5,10-11,14-17H2,1-2H3,(H,31,37)(H,32,36)/b13-12+. The first-order chi connectivity index (χ1) is 18.8. The van der Waals surface area contributed by atoms with Crippen LogP contribution >= 0.6 is 11.3 Å². The molecule has 2 unspecified atom stereocenters. The van der Waals surface area contributed by atoms with E-state index in [0.29, 0.717) is 5.56 Å². The van der Waals surface area contributed by atoms with Gasteiger partial charge in [0.05, 0.1) is 11.2 Å². The average molecular weight is 553 g/mol. The minimum absolute atomic E-state index is 0.135. The van der Waals surface area contributed by atoms with E-state index in [0.717, 1.165) is 74.7 Å². The maximum atomic E-state index is 13.3. The number of hydrogen-bond acceptors (Lipinski definition) is 9. The van der Waals surface area contributed by atoms with Crippen LogP contribution in [0.3, 0.4) is 0 Å². The van der Waals surface area contributed by atoms with Gasteiger partial charge in [0.1, 0.15) is 0 Å². The number of carbonyl (C=O) groups excluding carboxylic acids is 3. The predicted molar refractivity (Wildman–Crippen MR) is 150 cm³/mol. The van der Waals surface area contributed by atoms with Gasteiger partial charge in [-0.3, -0.25) is 14.4 Å². The lowest BCUT2D eigenvalue weighted by atomic mass is 9.81. The normalized spacial score (nSPS) is 23.1. The smallest absolute Gasteiger partial charge is 0.304 e. The number of rotatable bonds is 8. The number of aromatic nitrogens is 1. The van der Waals surface area contributed by atoms with Gasteiger partial charge in [0.2, 0.25) is 6.23 Å². The van der Waals surface area contributed by atoms with Gasteiger partial charge < -0.3 is 30.5 Å². The van der Waals surface area contributed by atoms with Gasteiger partial charge in [-0.1, -0.05) is 31.4 Å². The van der Waals surface area contributed by atoms with Crippen LogP contribution in [0.25, 0.3) is 11.3 Å². The van der Waals surface area contributed by atoms with E-state index in [1.165, 1.54) is 6.92 Å². The number of nitrogens with zero attached hydrogens (tertiary/aromatic N) is 3. The minimum Gasteiger partial charge on any atom is -0.439 e. The lowest BCUT2D eigenvalue weighted by Crippen LogP contribution is -2.68. The maximum Gasteiger partial charge on any atom is 0.304 e. The van der Waals surface area contributed by atoms with Crippen molar-refractivity contribution in [3.05, 3.63) is 47.5 Å². The van der Waals surface area contributed by atoms with Crippen LogP contribution in [0.2, 0.25) is 0 Å². The summed E-state index contributed by atoms with van der Waals surface area (Å²) >= 11 is 1.66. The van der Waals surface area contributed by atoms with Crippen LogP contribution < -0.4 is 20.9 Å². The van der Waals surface area contributed by atoms with Crippen molar-refractivity contribution in [1.29, 1.82) is 0 Å². The maximum absolute atomic E-state index is 13.3.